The lowest BCUT2D eigenvalue weighted by Gasteiger charge is -2.03. The highest BCUT2D eigenvalue weighted by molar-refractivity contribution is 5.92. The number of pyridine rings is 1. The average Bonchev–Trinajstić information content (AvgIpc) is 2.62. The number of nitrogens with zero attached hydrogens (tertiary/aromatic N) is 2. The Balaban J connectivity index is 0.00000153. The van der Waals surface area contributed by atoms with Gasteiger partial charge in [0.2, 0.25) is 0 Å². The predicted octanol–water partition coefficient (Wildman–Crippen LogP) is 3.73. The second-order valence-corrected chi connectivity index (χ2v) is 6.41. The number of carbonyl (C=O) groups excluding carboxylic acids is 1. The van der Waals surface area contributed by atoms with E-state index in [9.17, 15) is 4.79 Å². The summed E-state index contributed by atoms with van der Waals surface area (Å²) in [6.45, 7) is 3.50. The lowest BCUT2D eigenvalue weighted by Crippen LogP contribution is -2.36. The molecule has 1 heterocycles. The van der Waals surface area contributed by atoms with Crippen molar-refractivity contribution in [3.05, 3.63) is 45.4 Å². The molecule has 1 aromatic rings. The highest BCUT2D eigenvalue weighted by Crippen LogP contribution is 2.10. The summed E-state index contributed by atoms with van der Waals surface area (Å²) in [5.41, 5.74) is 5.77. The maximum Gasteiger partial charge on any atom is 0.254 e. The minimum Gasteiger partial charge on any atom is -0.365 e. The average molecular weight is 383 g/mol. The van der Waals surface area contributed by atoms with Gasteiger partial charge in [0.1, 0.15) is 5.56 Å². The fourth-order valence-corrected chi connectivity index (χ4v) is 2.61. The zero-order valence-electron chi connectivity index (χ0n) is 16.3. The molecule has 27 heavy (non-hydrogen) atoms. The van der Waals surface area contributed by atoms with E-state index < -0.39 is 11.0 Å². The fraction of sp³-hybridized carbons (Fsp3) is 0.684. The minimum atomic E-state index is -1.75. The van der Waals surface area contributed by atoms with Crippen molar-refractivity contribution in [3.63, 3.8) is 0 Å². The van der Waals surface area contributed by atoms with Gasteiger partial charge in [-0.2, -0.15) is 4.57 Å². The van der Waals surface area contributed by atoms with Crippen LogP contribution < -0.4 is 10.3 Å². The largest absolute Gasteiger partial charge is 0.365 e. The van der Waals surface area contributed by atoms with Crippen LogP contribution in [-0.4, -0.2) is 17.6 Å². The molecule has 8 nitrogen and oxygen atoms in total. The van der Waals surface area contributed by atoms with Crippen molar-refractivity contribution in [1.29, 1.82) is 0 Å². The van der Waals surface area contributed by atoms with Gasteiger partial charge < -0.3 is 25.8 Å². The van der Waals surface area contributed by atoms with Crippen LogP contribution in [0.2, 0.25) is 0 Å². The molecule has 1 amide bonds. The number of primary amides is 1. The quantitative estimate of drug-likeness (QED) is 0.227. The Morgan fingerprint density at radius 1 is 1.07 bits per heavy atom. The molecule has 0 saturated heterocycles. The summed E-state index contributed by atoms with van der Waals surface area (Å²) in [4.78, 5) is 19.3. The Hall–Kier alpha value is -2.22. The van der Waals surface area contributed by atoms with Crippen LogP contribution in [0.3, 0.4) is 0 Å². The van der Waals surface area contributed by atoms with E-state index in [0.717, 1.165) is 13.0 Å². The molecule has 1 rings (SSSR count). The summed E-state index contributed by atoms with van der Waals surface area (Å²) in [6.07, 6.45) is 16.9. The zero-order valence-corrected chi connectivity index (χ0v) is 16.3. The van der Waals surface area contributed by atoms with Gasteiger partial charge in [0.15, 0.2) is 12.4 Å². The van der Waals surface area contributed by atoms with Crippen molar-refractivity contribution in [2.45, 2.75) is 77.9 Å². The van der Waals surface area contributed by atoms with Gasteiger partial charge >= 0.3 is 0 Å². The maximum atomic E-state index is 11.1. The molecular weight excluding hydrogens is 350 g/mol. The van der Waals surface area contributed by atoms with Gasteiger partial charge in [-0.15, -0.1) is 0 Å². The molecule has 0 atom stereocenters. The van der Waals surface area contributed by atoms with Crippen LogP contribution in [0.25, 0.3) is 0 Å². The molecule has 0 aliphatic rings. The molecule has 0 radical (unpaired) electrons. The topological polar surface area (TPSA) is 122 Å². The van der Waals surface area contributed by atoms with Gasteiger partial charge in [0.25, 0.3) is 12.6 Å². The molecule has 0 aliphatic heterocycles. The van der Waals surface area contributed by atoms with Gasteiger partial charge in [0.05, 0.1) is 11.7 Å². The third-order valence-corrected chi connectivity index (χ3v) is 4.03. The van der Waals surface area contributed by atoms with Gasteiger partial charge in [-0.25, -0.2) is 0 Å². The molecule has 0 unspecified atom stereocenters. The Kier molecular flexibility index (Phi) is 15.8. The SMILES string of the molecule is CCCCCCCCCCCCOC[n+]1cccc(C(N)=O)c1.O=[N+]([O-])[O-]. The van der Waals surface area contributed by atoms with Gasteiger partial charge in [-0.05, 0) is 12.5 Å². The molecule has 8 heteroatoms. The first-order valence-corrected chi connectivity index (χ1v) is 9.65. The van der Waals surface area contributed by atoms with E-state index in [2.05, 4.69) is 6.92 Å². The lowest BCUT2D eigenvalue weighted by atomic mass is 10.1. The minimum absolute atomic E-state index is 0.408. The van der Waals surface area contributed by atoms with Crippen LogP contribution in [0.4, 0.5) is 0 Å². The van der Waals surface area contributed by atoms with Gasteiger partial charge in [-0.1, -0.05) is 64.7 Å². The number of carbonyl (C=O) groups is 1. The van der Waals surface area contributed by atoms with E-state index in [-0.39, 0.29) is 0 Å². The number of rotatable bonds is 14. The van der Waals surface area contributed by atoms with Crippen molar-refractivity contribution in [3.8, 4) is 0 Å². The van der Waals surface area contributed by atoms with Crippen molar-refractivity contribution >= 4 is 5.91 Å². The van der Waals surface area contributed by atoms with Crippen LogP contribution >= 0.6 is 0 Å². The second-order valence-electron chi connectivity index (χ2n) is 6.41. The number of aromatic nitrogens is 1. The van der Waals surface area contributed by atoms with Crippen LogP contribution in [0.1, 0.15) is 81.5 Å². The molecule has 1 aromatic heterocycles. The van der Waals surface area contributed by atoms with E-state index in [0.29, 0.717) is 12.3 Å². The number of unbranched alkanes of at least 4 members (excludes halogenated alkanes) is 9. The molecule has 0 bridgehead atoms. The van der Waals surface area contributed by atoms with Crippen molar-refractivity contribution in [2.75, 3.05) is 6.61 Å². The van der Waals surface area contributed by atoms with Crippen molar-refractivity contribution in [2.24, 2.45) is 5.73 Å². The maximum absolute atomic E-state index is 11.1. The van der Waals surface area contributed by atoms with Crippen LogP contribution in [0, 0.1) is 15.3 Å². The first-order valence-electron chi connectivity index (χ1n) is 9.65. The van der Waals surface area contributed by atoms with Crippen LogP contribution in [0.15, 0.2) is 24.5 Å². The Bertz CT molecular complexity index is 522. The smallest absolute Gasteiger partial charge is 0.254 e. The van der Waals surface area contributed by atoms with Crippen molar-refractivity contribution in [1.82, 2.24) is 0 Å². The van der Waals surface area contributed by atoms with Crippen LogP contribution in [-0.2, 0) is 11.5 Å². The molecule has 0 aliphatic carbocycles. The molecule has 2 N–H and O–H groups in total. The van der Waals surface area contributed by atoms with E-state index in [1.165, 1.54) is 57.8 Å². The van der Waals surface area contributed by atoms with Gasteiger partial charge in [0, 0.05) is 6.07 Å². The molecule has 0 saturated carbocycles. The molecule has 154 valence electrons. The predicted molar refractivity (Wildman–Crippen MR) is 103 cm³/mol. The van der Waals surface area contributed by atoms with Crippen LogP contribution in [0.5, 0.6) is 0 Å². The normalized spacial score (nSPS) is 10.1. The standard InChI is InChI=1S/C19H32N2O2.NO3/c1-2-3-4-5-6-7-8-9-10-11-15-23-17-21-14-12-13-18(16-21)19(20)22;2-1(3)4/h12-14,16H,2-11,15,17H2,1H3,(H-,20,22);/q;-1/p+1. The number of ether oxygens (including phenoxy) is 1. The van der Waals surface area contributed by atoms with E-state index in [1.54, 1.807) is 12.3 Å². The number of hydrogen-bond donors (Lipinski definition) is 1. The van der Waals surface area contributed by atoms with E-state index in [1.807, 2.05) is 16.8 Å². The summed E-state index contributed by atoms with van der Waals surface area (Å²) in [5, 5.41) is 14.8. The Morgan fingerprint density at radius 2 is 1.59 bits per heavy atom. The Morgan fingerprint density at radius 3 is 2.11 bits per heavy atom. The number of amides is 1. The third-order valence-electron chi connectivity index (χ3n) is 4.03. The second kappa shape index (κ2) is 17.2. The first kappa shape index (κ1) is 24.8. The summed E-state index contributed by atoms with van der Waals surface area (Å²) >= 11 is 0. The van der Waals surface area contributed by atoms with Crippen molar-refractivity contribution < 1.29 is 19.2 Å². The van der Waals surface area contributed by atoms with E-state index in [4.69, 9.17) is 25.8 Å². The zero-order chi connectivity index (χ0) is 20.3. The van der Waals surface area contributed by atoms with Gasteiger partial charge in [-0.3, -0.25) is 4.79 Å². The summed E-state index contributed by atoms with van der Waals surface area (Å²) < 4.78 is 7.48. The third kappa shape index (κ3) is 17.0. The summed E-state index contributed by atoms with van der Waals surface area (Å²) in [5.74, 6) is -0.408. The number of nitrogens with two attached hydrogens (primary N) is 1. The molecule has 0 aromatic carbocycles. The molecule has 0 spiro atoms. The summed E-state index contributed by atoms with van der Waals surface area (Å²) in [7, 11) is 0. The number of hydrogen-bond acceptors (Lipinski definition) is 5. The lowest BCUT2D eigenvalue weighted by molar-refractivity contribution is -0.732. The first-order chi connectivity index (χ1) is 13.0. The summed E-state index contributed by atoms with van der Waals surface area (Å²) in [6, 6.07) is 3.52. The fourth-order valence-electron chi connectivity index (χ4n) is 2.61. The highest BCUT2D eigenvalue weighted by Gasteiger charge is 2.06. The molecular formula is C19H33N3O5. The highest BCUT2D eigenvalue weighted by atomic mass is 16.9. The molecule has 0 fully saturated rings. The monoisotopic (exact) mass is 383 g/mol. The van der Waals surface area contributed by atoms with E-state index >= 15 is 0 Å². The Labute approximate surface area is 161 Å².